The van der Waals surface area contributed by atoms with E-state index in [1.165, 1.54) is 12.7 Å². The van der Waals surface area contributed by atoms with Crippen LogP contribution in [0.5, 0.6) is 5.75 Å². The van der Waals surface area contributed by atoms with Crippen LogP contribution in [-0.4, -0.2) is 25.0 Å². The number of hydrogen-bond donors (Lipinski definition) is 1. The quantitative estimate of drug-likeness (QED) is 0.642. The van der Waals surface area contributed by atoms with Crippen molar-refractivity contribution in [3.05, 3.63) is 82.6 Å². The summed E-state index contributed by atoms with van der Waals surface area (Å²) in [5.41, 5.74) is 3.82. The highest BCUT2D eigenvalue weighted by atomic mass is 35.5. The molecule has 0 aliphatic carbocycles. The third-order valence-electron chi connectivity index (χ3n) is 4.41. The lowest BCUT2D eigenvalue weighted by Gasteiger charge is -2.20. The molecule has 0 atom stereocenters. The van der Waals surface area contributed by atoms with Crippen molar-refractivity contribution in [2.45, 2.75) is 13.5 Å². The molecule has 0 saturated carbocycles. The molecule has 0 saturated heterocycles. The second-order valence-electron chi connectivity index (χ2n) is 6.50. The molecule has 0 spiro atoms. The molecule has 1 heterocycles. The van der Waals surface area contributed by atoms with Crippen molar-refractivity contribution in [1.82, 2.24) is 4.98 Å². The summed E-state index contributed by atoms with van der Waals surface area (Å²) in [6.07, 6.45) is 1.64. The van der Waals surface area contributed by atoms with Crippen molar-refractivity contribution in [3.63, 3.8) is 0 Å². The molecule has 1 N–H and O–H groups in total. The van der Waals surface area contributed by atoms with Crippen molar-refractivity contribution < 1.29 is 9.53 Å². The van der Waals surface area contributed by atoms with Crippen molar-refractivity contribution in [2.24, 2.45) is 0 Å². The maximum Gasteiger partial charge on any atom is 0.274 e. The van der Waals surface area contributed by atoms with E-state index in [1.54, 1.807) is 24.4 Å². The highest BCUT2D eigenvalue weighted by Crippen LogP contribution is 2.31. The van der Waals surface area contributed by atoms with Gasteiger partial charge in [-0.1, -0.05) is 41.9 Å². The second kappa shape index (κ2) is 8.76. The number of aryl methyl sites for hydroxylation is 1. The van der Waals surface area contributed by atoms with Crippen LogP contribution < -0.4 is 15.0 Å². The van der Waals surface area contributed by atoms with Gasteiger partial charge in [-0.3, -0.25) is 9.78 Å². The van der Waals surface area contributed by atoms with Gasteiger partial charge in [-0.15, -0.1) is 0 Å². The fourth-order valence-electron chi connectivity index (χ4n) is 2.85. The van der Waals surface area contributed by atoms with Crippen LogP contribution in [0.3, 0.4) is 0 Å². The Labute approximate surface area is 169 Å². The van der Waals surface area contributed by atoms with E-state index < -0.39 is 0 Å². The normalized spacial score (nSPS) is 10.4. The van der Waals surface area contributed by atoms with Crippen molar-refractivity contribution in [1.29, 1.82) is 0 Å². The fraction of sp³-hybridized carbons (Fsp3) is 0.182. The Kier molecular flexibility index (Phi) is 6.16. The van der Waals surface area contributed by atoms with Gasteiger partial charge >= 0.3 is 0 Å². The van der Waals surface area contributed by atoms with Crippen LogP contribution in [0.4, 0.5) is 11.4 Å². The number of pyridine rings is 1. The third-order valence-corrected chi connectivity index (χ3v) is 4.82. The molecule has 0 bridgehead atoms. The summed E-state index contributed by atoms with van der Waals surface area (Å²) in [7, 11) is 3.52. The molecule has 0 unspecified atom stereocenters. The van der Waals surface area contributed by atoms with Crippen molar-refractivity contribution in [3.8, 4) is 5.75 Å². The molecule has 0 aliphatic heterocycles. The minimum absolute atomic E-state index is 0.310. The van der Waals surface area contributed by atoms with E-state index in [-0.39, 0.29) is 5.91 Å². The molecule has 144 valence electrons. The molecule has 0 radical (unpaired) electrons. The molecule has 28 heavy (non-hydrogen) atoms. The number of benzene rings is 2. The van der Waals surface area contributed by atoms with Crippen LogP contribution in [0, 0.1) is 6.92 Å². The first-order chi connectivity index (χ1) is 13.5. The van der Waals surface area contributed by atoms with Crippen molar-refractivity contribution in [2.75, 3.05) is 24.4 Å². The number of halogens is 1. The highest BCUT2D eigenvalue weighted by Gasteiger charge is 2.14. The van der Waals surface area contributed by atoms with E-state index in [1.807, 2.05) is 38.2 Å². The SMILES string of the molecule is COc1cc(Cl)c(C)cc1NC(=O)c1cc(N(C)Cc2ccccc2)ccn1. The number of amides is 1. The number of carbonyl (C=O) groups is 1. The second-order valence-corrected chi connectivity index (χ2v) is 6.90. The number of nitrogens with zero attached hydrogens (tertiary/aromatic N) is 2. The molecule has 2 aromatic carbocycles. The van der Waals surface area contributed by atoms with Gasteiger partial charge in [0.15, 0.2) is 0 Å². The van der Waals surface area contributed by atoms with E-state index >= 15 is 0 Å². The van der Waals surface area contributed by atoms with E-state index in [4.69, 9.17) is 16.3 Å². The number of methoxy groups -OCH3 is 1. The van der Waals surface area contributed by atoms with Gasteiger partial charge in [0.25, 0.3) is 5.91 Å². The smallest absolute Gasteiger partial charge is 0.274 e. The molecule has 3 rings (SSSR count). The Morgan fingerprint density at radius 2 is 1.93 bits per heavy atom. The largest absolute Gasteiger partial charge is 0.495 e. The van der Waals surface area contributed by atoms with Crippen molar-refractivity contribution >= 4 is 28.9 Å². The summed E-state index contributed by atoms with van der Waals surface area (Å²) in [5.74, 6) is 0.191. The van der Waals surface area contributed by atoms with Crippen LogP contribution >= 0.6 is 11.6 Å². The van der Waals surface area contributed by atoms with E-state index in [0.717, 1.165) is 17.8 Å². The van der Waals surface area contributed by atoms with Crippen LogP contribution in [0.2, 0.25) is 5.02 Å². The molecular weight excluding hydrogens is 374 g/mol. The van der Waals surface area contributed by atoms with Gasteiger partial charge < -0.3 is 15.0 Å². The van der Waals surface area contributed by atoms with E-state index in [0.29, 0.717) is 22.2 Å². The summed E-state index contributed by atoms with van der Waals surface area (Å²) >= 11 is 6.13. The zero-order chi connectivity index (χ0) is 20.1. The topological polar surface area (TPSA) is 54.5 Å². The monoisotopic (exact) mass is 395 g/mol. The summed E-state index contributed by atoms with van der Waals surface area (Å²) < 4.78 is 5.32. The van der Waals surface area contributed by atoms with Gasteiger partial charge in [0.1, 0.15) is 11.4 Å². The van der Waals surface area contributed by atoms with Crippen LogP contribution in [-0.2, 0) is 6.54 Å². The van der Waals surface area contributed by atoms with Crippen LogP contribution in [0.25, 0.3) is 0 Å². The van der Waals surface area contributed by atoms with E-state index in [9.17, 15) is 4.79 Å². The lowest BCUT2D eigenvalue weighted by Crippen LogP contribution is -2.19. The predicted molar refractivity (Wildman–Crippen MR) is 113 cm³/mol. The fourth-order valence-corrected chi connectivity index (χ4v) is 3.00. The number of ether oxygens (including phenoxy) is 1. The molecular formula is C22H22ClN3O2. The molecule has 5 nitrogen and oxygen atoms in total. The lowest BCUT2D eigenvalue weighted by molar-refractivity contribution is 0.102. The summed E-state index contributed by atoms with van der Waals surface area (Å²) in [4.78, 5) is 19.0. The molecule has 6 heteroatoms. The molecule has 1 aromatic heterocycles. The standard InChI is InChI=1S/C22H22ClN3O2/c1-15-11-19(21(28-3)13-18(15)23)25-22(27)20-12-17(9-10-24-20)26(2)14-16-7-5-4-6-8-16/h4-13H,14H2,1-3H3,(H,25,27). The first kappa shape index (κ1) is 19.7. The number of nitrogens with one attached hydrogen (secondary N) is 1. The predicted octanol–water partition coefficient (Wildman–Crippen LogP) is 4.94. The zero-order valence-electron chi connectivity index (χ0n) is 16.1. The van der Waals surface area contributed by atoms with Gasteiger partial charge in [0.2, 0.25) is 0 Å². The number of carbonyl (C=O) groups excluding carboxylic acids is 1. The summed E-state index contributed by atoms with van der Waals surface area (Å²) in [5, 5.41) is 3.44. The first-order valence-electron chi connectivity index (χ1n) is 8.84. The van der Waals surface area contributed by atoms with Gasteiger partial charge in [-0.2, -0.15) is 0 Å². The molecule has 0 fully saturated rings. The first-order valence-corrected chi connectivity index (χ1v) is 9.22. The summed E-state index contributed by atoms with van der Waals surface area (Å²) in [6.45, 7) is 2.60. The third kappa shape index (κ3) is 4.61. The van der Waals surface area contributed by atoms with E-state index in [2.05, 4.69) is 27.3 Å². The Morgan fingerprint density at radius 1 is 1.18 bits per heavy atom. The Balaban J connectivity index is 1.78. The van der Waals surface area contributed by atoms with Gasteiger partial charge in [-0.25, -0.2) is 0 Å². The highest BCUT2D eigenvalue weighted by molar-refractivity contribution is 6.31. The molecule has 3 aromatic rings. The van der Waals surface area contributed by atoms with Gasteiger partial charge in [-0.05, 0) is 36.2 Å². The zero-order valence-corrected chi connectivity index (χ0v) is 16.8. The Morgan fingerprint density at radius 3 is 2.64 bits per heavy atom. The lowest BCUT2D eigenvalue weighted by atomic mass is 10.2. The Hall–Kier alpha value is -3.05. The number of aromatic nitrogens is 1. The molecule has 0 aliphatic rings. The molecule has 1 amide bonds. The van der Waals surface area contributed by atoms with Gasteiger partial charge in [0, 0.05) is 36.6 Å². The minimum atomic E-state index is -0.310. The van der Waals surface area contributed by atoms with Crippen LogP contribution in [0.15, 0.2) is 60.8 Å². The van der Waals surface area contributed by atoms with Crippen LogP contribution in [0.1, 0.15) is 21.6 Å². The number of rotatable bonds is 6. The maximum atomic E-state index is 12.7. The average Bonchev–Trinajstić information content (AvgIpc) is 2.71. The minimum Gasteiger partial charge on any atom is -0.495 e. The average molecular weight is 396 g/mol. The van der Waals surface area contributed by atoms with Gasteiger partial charge in [0.05, 0.1) is 12.8 Å². The number of hydrogen-bond acceptors (Lipinski definition) is 4. The number of anilines is 2. The summed E-state index contributed by atoms with van der Waals surface area (Å²) in [6, 6.07) is 17.3. The Bertz CT molecular complexity index is 977. The maximum absolute atomic E-state index is 12.7.